The first-order valence-corrected chi connectivity index (χ1v) is 22.9. The monoisotopic (exact) mass is 870 g/mol. The number of allylic oxidation sites excluding steroid dienone is 1. The van der Waals surface area contributed by atoms with Crippen molar-refractivity contribution in [3.63, 3.8) is 0 Å². The van der Waals surface area contributed by atoms with Crippen LogP contribution in [0.5, 0.6) is 0 Å². The van der Waals surface area contributed by atoms with Crippen LogP contribution in [0.25, 0.3) is 0 Å². The van der Waals surface area contributed by atoms with Crippen LogP contribution in [0, 0.1) is 40.4 Å². The minimum Gasteiger partial charge on any atom is -0.394 e. The molecule has 9 rings (SSSR count). The van der Waals surface area contributed by atoms with Crippen molar-refractivity contribution in [2.75, 3.05) is 19.8 Å². The van der Waals surface area contributed by atoms with Crippen LogP contribution in [0.4, 0.5) is 0 Å². The largest absolute Gasteiger partial charge is 0.394 e. The highest BCUT2D eigenvalue weighted by Crippen LogP contribution is 2.72. The second-order valence-electron chi connectivity index (χ2n) is 20.7. The van der Waals surface area contributed by atoms with Crippen LogP contribution in [0.1, 0.15) is 92.4 Å². The molecular weight excluding hydrogens is 800 g/mol. The topological polar surface area (TPSA) is 256 Å². The molecule has 0 aromatic heterocycles. The molecule has 17 nitrogen and oxygen atoms in total. The average molecular weight is 871 g/mol. The second kappa shape index (κ2) is 16.4. The second-order valence-corrected chi connectivity index (χ2v) is 20.7. The zero-order valence-corrected chi connectivity index (χ0v) is 36.0. The summed E-state index contributed by atoms with van der Waals surface area (Å²) in [5.41, 5.74) is -0.0704. The lowest BCUT2D eigenvalue weighted by atomic mass is 9.46. The van der Waals surface area contributed by atoms with E-state index in [1.54, 1.807) is 0 Å². The molecule has 5 heterocycles. The maximum Gasteiger partial charge on any atom is 0.187 e. The van der Waals surface area contributed by atoms with Crippen LogP contribution in [0.2, 0.25) is 0 Å². The number of ether oxygens (including phenoxy) is 8. The Morgan fingerprint density at radius 1 is 0.705 bits per heavy atom. The summed E-state index contributed by atoms with van der Waals surface area (Å²) in [6.07, 6.45) is -11.1. The summed E-state index contributed by atoms with van der Waals surface area (Å²) in [7, 11) is 0. The number of rotatable bonds is 8. The van der Waals surface area contributed by atoms with Crippen molar-refractivity contribution >= 4 is 0 Å². The molecule has 3 saturated carbocycles. The normalized spacial score (nSPS) is 58.2. The molecule has 8 fully saturated rings. The van der Waals surface area contributed by atoms with E-state index >= 15 is 0 Å². The quantitative estimate of drug-likeness (QED) is 0.145. The van der Waals surface area contributed by atoms with Crippen LogP contribution >= 0.6 is 0 Å². The van der Waals surface area contributed by atoms with E-state index in [-0.39, 0.29) is 29.0 Å². The van der Waals surface area contributed by atoms with Gasteiger partial charge in [0.2, 0.25) is 0 Å². The molecule has 61 heavy (non-hydrogen) atoms. The maximum absolute atomic E-state index is 12.8. The van der Waals surface area contributed by atoms with Crippen molar-refractivity contribution in [1.29, 1.82) is 0 Å². The Balaban J connectivity index is 0.909. The number of aliphatic hydroxyl groups excluding tert-OH is 8. The van der Waals surface area contributed by atoms with E-state index < -0.39 is 111 Å². The summed E-state index contributed by atoms with van der Waals surface area (Å²) in [5, 5.41) is 97.8. The van der Waals surface area contributed by atoms with Crippen LogP contribution < -0.4 is 0 Å². The van der Waals surface area contributed by atoms with Gasteiger partial charge >= 0.3 is 0 Å². The lowest BCUT2D eigenvalue weighted by Gasteiger charge is -2.60. The van der Waals surface area contributed by atoms with E-state index in [9.17, 15) is 46.0 Å². The van der Waals surface area contributed by atoms with Gasteiger partial charge in [-0.05, 0) is 87.4 Å². The maximum atomic E-state index is 12.8. The van der Waals surface area contributed by atoms with Gasteiger partial charge in [0.05, 0.1) is 38.1 Å². The minimum atomic E-state index is -1.74. The van der Waals surface area contributed by atoms with E-state index in [0.29, 0.717) is 43.1 Å². The average Bonchev–Trinajstić information content (AvgIpc) is 3.74. The van der Waals surface area contributed by atoms with Gasteiger partial charge in [0.25, 0.3) is 0 Å². The molecule has 9 aliphatic rings. The summed E-state index contributed by atoms with van der Waals surface area (Å²) in [6.45, 7) is 9.86. The Bertz CT molecular complexity index is 1610. The Morgan fingerprint density at radius 3 is 2.07 bits per heavy atom. The molecule has 0 aromatic rings. The van der Waals surface area contributed by atoms with Gasteiger partial charge in [-0.1, -0.05) is 39.3 Å². The molecule has 5 aliphatic heterocycles. The SMILES string of the molecule is C[C@@H]1CC[C@@]2(OC1)O[C@H]1C[C@H]3[C@@H]4CC=C5C[C@@H](O[C@@H]6O[C@H](CO)[C@@H](O[C@@H]7O[C@@H](CO)[C@H](O)[C@H]7O)[C@H](O[C@@H]7O[C@@H](C)[C@H](O)[C@@H](O)[C@H]7O)[C@H]6O)CC[C@]5(C)[C@H]4CC[C@]3(C)[C@@]1(O)[C@@H]2C. The molecular formula is C44H70O17. The van der Waals surface area contributed by atoms with Gasteiger partial charge in [-0.3, -0.25) is 0 Å². The predicted octanol–water partition coefficient (Wildman–Crippen LogP) is -0.0319. The number of hydrogen-bond acceptors (Lipinski definition) is 17. The highest BCUT2D eigenvalue weighted by molar-refractivity contribution is 5.29. The molecule has 4 aliphatic carbocycles. The Labute approximate surface area is 357 Å². The molecule has 9 N–H and O–H groups in total. The van der Waals surface area contributed by atoms with Gasteiger partial charge < -0.3 is 83.9 Å². The summed E-state index contributed by atoms with van der Waals surface area (Å²) in [5.74, 6) is 0.726. The summed E-state index contributed by atoms with van der Waals surface area (Å²) in [6, 6.07) is 0. The smallest absolute Gasteiger partial charge is 0.187 e. The van der Waals surface area contributed by atoms with Gasteiger partial charge in [0, 0.05) is 17.8 Å². The molecule has 17 heteroatoms. The molecule has 0 bridgehead atoms. The third-order valence-corrected chi connectivity index (χ3v) is 17.6. The Morgan fingerprint density at radius 2 is 1.38 bits per heavy atom. The summed E-state index contributed by atoms with van der Waals surface area (Å²) >= 11 is 0. The highest BCUT2D eigenvalue weighted by atomic mass is 16.8. The number of fused-ring (bicyclic) bond motifs is 7. The van der Waals surface area contributed by atoms with Crippen molar-refractivity contribution in [2.24, 2.45) is 40.4 Å². The fourth-order valence-corrected chi connectivity index (χ4v) is 13.8. The van der Waals surface area contributed by atoms with E-state index in [4.69, 9.17) is 37.9 Å². The predicted molar refractivity (Wildman–Crippen MR) is 210 cm³/mol. The molecule has 5 saturated heterocycles. The Hall–Kier alpha value is -0.940. The van der Waals surface area contributed by atoms with Crippen LogP contribution in [-0.4, -0.2) is 175 Å². The first kappa shape index (κ1) is 45.2. The Kier molecular flexibility index (Phi) is 12.2. The van der Waals surface area contributed by atoms with Gasteiger partial charge in [-0.25, -0.2) is 0 Å². The molecule has 0 aromatic carbocycles. The molecule has 0 unspecified atom stereocenters. The molecule has 0 amide bonds. The van der Waals surface area contributed by atoms with Gasteiger partial charge in [0.15, 0.2) is 24.7 Å². The fourth-order valence-electron chi connectivity index (χ4n) is 13.8. The lowest BCUT2D eigenvalue weighted by Crippen LogP contribution is -2.65. The fraction of sp³-hybridized carbons (Fsp3) is 0.955. The third-order valence-electron chi connectivity index (χ3n) is 17.6. The number of aliphatic hydroxyl groups is 9. The molecule has 25 atom stereocenters. The zero-order chi connectivity index (χ0) is 43.6. The zero-order valence-electron chi connectivity index (χ0n) is 36.0. The van der Waals surface area contributed by atoms with Gasteiger partial charge in [-0.2, -0.15) is 0 Å². The highest BCUT2D eigenvalue weighted by Gasteiger charge is 2.76. The van der Waals surface area contributed by atoms with E-state index in [1.165, 1.54) is 12.5 Å². The third kappa shape index (κ3) is 6.97. The van der Waals surface area contributed by atoms with Crippen LogP contribution in [0.3, 0.4) is 0 Å². The summed E-state index contributed by atoms with van der Waals surface area (Å²) in [4.78, 5) is 0. The van der Waals surface area contributed by atoms with Crippen molar-refractivity contribution in [3.05, 3.63) is 11.6 Å². The van der Waals surface area contributed by atoms with Crippen molar-refractivity contribution in [3.8, 4) is 0 Å². The van der Waals surface area contributed by atoms with Gasteiger partial charge in [-0.15, -0.1) is 0 Å². The van der Waals surface area contributed by atoms with Crippen molar-refractivity contribution < 1.29 is 83.9 Å². The first-order valence-electron chi connectivity index (χ1n) is 22.9. The molecule has 1 spiro atoms. The van der Waals surface area contributed by atoms with Crippen LogP contribution in [0.15, 0.2) is 11.6 Å². The van der Waals surface area contributed by atoms with Crippen molar-refractivity contribution in [1.82, 2.24) is 0 Å². The van der Waals surface area contributed by atoms with E-state index in [1.807, 2.05) is 0 Å². The van der Waals surface area contributed by atoms with Crippen molar-refractivity contribution in [2.45, 2.75) is 202 Å². The number of hydrogen-bond donors (Lipinski definition) is 9. The van der Waals surface area contributed by atoms with Gasteiger partial charge in [0.1, 0.15) is 66.6 Å². The van der Waals surface area contributed by atoms with E-state index in [2.05, 4.69) is 33.8 Å². The van der Waals surface area contributed by atoms with Crippen LogP contribution in [-0.2, 0) is 37.9 Å². The first-order chi connectivity index (χ1) is 28.9. The minimum absolute atomic E-state index is 0.0966. The van der Waals surface area contributed by atoms with E-state index in [0.717, 1.165) is 44.9 Å². The molecule has 348 valence electrons. The lowest BCUT2D eigenvalue weighted by molar-refractivity contribution is -0.376. The summed E-state index contributed by atoms with van der Waals surface area (Å²) < 4.78 is 49.4. The molecule has 0 radical (unpaired) electrons. The standard InChI is InChI=1S/C44H70O17/c1-19-8-13-43(54-18-19)21(3)44(53)29(61-43)15-26-24-7-6-22-14-23(9-11-41(22,4)25(24)10-12-42(26,44)5)56-40-35(52)37(60-38-34(51)32(49)30(47)20(2)55-38)36(28(17-46)58-40)59-39-33(50)31(48)27(16-45)57-39/h6,19-21,23-40,45-53H,7-18H2,1-5H3/t19-,20+,21-,23+,24-,25+,26+,27+,28-,29+,30+,31+,32-,33-,34-,35-,36-,37-,38+,39+,40-,41+,42+,43-,44-/m1/s1.